The fourth-order valence-electron chi connectivity index (χ4n) is 2.77. The van der Waals surface area contributed by atoms with Gasteiger partial charge in [0.1, 0.15) is 18.1 Å². The van der Waals surface area contributed by atoms with E-state index in [1.165, 1.54) is 11.8 Å². The van der Waals surface area contributed by atoms with Gasteiger partial charge >= 0.3 is 0 Å². The third-order valence-corrected chi connectivity index (χ3v) is 5.26. The molecule has 0 amide bonds. The molecule has 1 unspecified atom stereocenters. The van der Waals surface area contributed by atoms with E-state index in [2.05, 4.69) is 22.3 Å². The first-order chi connectivity index (χ1) is 14.2. The van der Waals surface area contributed by atoms with E-state index < -0.39 is 6.10 Å². The Bertz CT molecular complexity index is 1040. The lowest BCUT2D eigenvalue weighted by Crippen LogP contribution is -2.20. The van der Waals surface area contributed by atoms with Gasteiger partial charge in [0, 0.05) is 5.75 Å². The summed E-state index contributed by atoms with van der Waals surface area (Å²) in [5, 5.41) is 18.6. The van der Waals surface area contributed by atoms with Gasteiger partial charge in [-0.05, 0) is 36.2 Å². The monoisotopic (exact) mass is 408 g/mol. The van der Waals surface area contributed by atoms with Gasteiger partial charge in [-0.3, -0.25) is 0 Å². The number of aliphatic hydroxyl groups excluding tert-OH is 1. The summed E-state index contributed by atoms with van der Waals surface area (Å²) < 4.78 is 16.5. The molecule has 0 aliphatic rings. The second kappa shape index (κ2) is 8.98. The molecule has 0 spiro atoms. The second-order valence-corrected chi connectivity index (χ2v) is 7.40. The van der Waals surface area contributed by atoms with Gasteiger partial charge in [0.2, 0.25) is 0 Å². The molecular weight excluding hydrogens is 388 g/mol. The van der Waals surface area contributed by atoms with Crippen LogP contribution < -0.4 is 4.74 Å². The Balaban J connectivity index is 1.26. The number of thioether (sulfide) groups is 1. The summed E-state index contributed by atoms with van der Waals surface area (Å²) in [6.45, 7) is 2.01. The highest BCUT2D eigenvalue weighted by Gasteiger charge is 2.15. The number of aryl methyl sites for hydroxylation is 1. The average Bonchev–Trinajstić information content (AvgIpc) is 3.40. The van der Waals surface area contributed by atoms with Gasteiger partial charge in [0.25, 0.3) is 11.1 Å². The Hall–Kier alpha value is -3.03. The van der Waals surface area contributed by atoms with Crippen LogP contribution in [0.25, 0.3) is 22.6 Å². The predicted octanol–water partition coefficient (Wildman–Crippen LogP) is 4.84. The van der Waals surface area contributed by atoms with E-state index >= 15 is 0 Å². The van der Waals surface area contributed by atoms with Crippen molar-refractivity contribution in [3.63, 3.8) is 0 Å². The Morgan fingerprint density at radius 1 is 1.00 bits per heavy atom. The Morgan fingerprint density at radius 2 is 1.76 bits per heavy atom. The van der Waals surface area contributed by atoms with Crippen molar-refractivity contribution in [3.8, 4) is 28.3 Å². The normalized spacial score (nSPS) is 12.1. The molecule has 0 bridgehead atoms. The zero-order valence-electron chi connectivity index (χ0n) is 15.8. The summed E-state index contributed by atoms with van der Waals surface area (Å²) in [5.74, 6) is 2.22. The van der Waals surface area contributed by atoms with Crippen LogP contribution in [0.15, 0.2) is 81.0 Å². The number of hydrogen-bond acceptors (Lipinski definition) is 7. The summed E-state index contributed by atoms with van der Waals surface area (Å²) in [6, 6.07) is 19.7. The maximum Gasteiger partial charge on any atom is 0.276 e. The minimum atomic E-state index is -0.667. The largest absolute Gasteiger partial charge is 0.491 e. The minimum Gasteiger partial charge on any atom is -0.491 e. The molecule has 0 radical (unpaired) electrons. The maximum atomic E-state index is 10.2. The van der Waals surface area contributed by atoms with Crippen molar-refractivity contribution in [2.75, 3.05) is 12.4 Å². The van der Waals surface area contributed by atoms with Gasteiger partial charge in [-0.2, -0.15) is 0 Å². The number of nitrogens with zero attached hydrogens (tertiary/aromatic N) is 2. The van der Waals surface area contributed by atoms with Gasteiger partial charge in [-0.1, -0.05) is 54.2 Å². The Morgan fingerprint density at radius 3 is 2.48 bits per heavy atom. The van der Waals surface area contributed by atoms with E-state index in [9.17, 15) is 5.11 Å². The first-order valence-electron chi connectivity index (χ1n) is 9.16. The van der Waals surface area contributed by atoms with E-state index in [-0.39, 0.29) is 6.61 Å². The molecule has 0 fully saturated rings. The standard InChI is InChI=1S/C22H20N2O4S/c1-15-20(11-12-26-15)21-23-24-22(28-21)29-14-18(25)13-27-19-9-7-17(8-10-19)16-5-3-2-4-6-16/h2-12,18,25H,13-14H2,1H3. The van der Waals surface area contributed by atoms with E-state index in [1.54, 1.807) is 12.3 Å². The molecule has 148 valence electrons. The van der Waals surface area contributed by atoms with Gasteiger partial charge in [0.15, 0.2) is 0 Å². The molecule has 0 saturated heterocycles. The van der Waals surface area contributed by atoms with Gasteiger partial charge in [-0.15, -0.1) is 10.2 Å². The number of aliphatic hydroxyl groups is 1. The predicted molar refractivity (Wildman–Crippen MR) is 111 cm³/mol. The van der Waals surface area contributed by atoms with Crippen molar-refractivity contribution in [2.24, 2.45) is 0 Å². The van der Waals surface area contributed by atoms with Crippen LogP contribution in [0.2, 0.25) is 0 Å². The summed E-state index contributed by atoms with van der Waals surface area (Å²) in [7, 11) is 0. The smallest absolute Gasteiger partial charge is 0.276 e. The van der Waals surface area contributed by atoms with Crippen LogP contribution in [0.3, 0.4) is 0 Å². The SMILES string of the molecule is Cc1occc1-c1nnc(SCC(O)COc2ccc(-c3ccccc3)cc2)o1. The Kier molecular flexibility index (Phi) is 5.97. The highest BCUT2D eigenvalue weighted by atomic mass is 32.2. The quantitative estimate of drug-likeness (QED) is 0.418. The molecule has 2 heterocycles. The van der Waals surface area contributed by atoms with E-state index in [4.69, 9.17) is 13.6 Å². The average molecular weight is 408 g/mol. The van der Waals surface area contributed by atoms with Crippen LogP contribution in [-0.4, -0.2) is 33.8 Å². The number of aromatic nitrogens is 2. The van der Waals surface area contributed by atoms with Crippen molar-refractivity contribution in [1.82, 2.24) is 10.2 Å². The van der Waals surface area contributed by atoms with Gasteiger partial charge < -0.3 is 18.7 Å². The molecule has 6 nitrogen and oxygen atoms in total. The molecule has 0 saturated carbocycles. The van der Waals surface area contributed by atoms with Crippen LogP contribution >= 0.6 is 11.8 Å². The zero-order chi connectivity index (χ0) is 20.1. The topological polar surface area (TPSA) is 81.5 Å². The number of hydrogen-bond donors (Lipinski definition) is 1. The molecule has 1 atom stereocenters. The lowest BCUT2D eigenvalue weighted by atomic mass is 10.1. The van der Waals surface area contributed by atoms with E-state index in [1.807, 2.05) is 49.4 Å². The molecule has 2 aromatic carbocycles. The molecule has 4 aromatic rings. The fourth-order valence-corrected chi connectivity index (χ4v) is 3.43. The number of furan rings is 1. The van der Waals surface area contributed by atoms with Crippen LogP contribution in [0, 0.1) is 6.92 Å². The summed E-state index contributed by atoms with van der Waals surface area (Å²) in [4.78, 5) is 0. The number of ether oxygens (including phenoxy) is 1. The third-order valence-electron chi connectivity index (χ3n) is 4.30. The van der Waals surface area contributed by atoms with Crippen LogP contribution in [0.1, 0.15) is 5.76 Å². The fraction of sp³-hybridized carbons (Fsp3) is 0.182. The van der Waals surface area contributed by atoms with Crippen molar-refractivity contribution in [3.05, 3.63) is 72.7 Å². The molecule has 2 aromatic heterocycles. The minimum absolute atomic E-state index is 0.180. The molecule has 4 rings (SSSR count). The van der Waals surface area contributed by atoms with Crippen LogP contribution in [0.4, 0.5) is 0 Å². The van der Waals surface area contributed by atoms with Crippen molar-refractivity contribution >= 4 is 11.8 Å². The summed E-state index contributed by atoms with van der Waals surface area (Å²) >= 11 is 1.29. The lowest BCUT2D eigenvalue weighted by Gasteiger charge is -2.11. The number of rotatable bonds is 8. The lowest BCUT2D eigenvalue weighted by molar-refractivity contribution is 0.126. The van der Waals surface area contributed by atoms with Crippen molar-refractivity contribution < 1.29 is 18.7 Å². The molecule has 1 N–H and O–H groups in total. The molecular formula is C22H20N2O4S. The highest BCUT2D eigenvalue weighted by molar-refractivity contribution is 7.99. The van der Waals surface area contributed by atoms with Crippen LogP contribution in [0.5, 0.6) is 5.75 Å². The third kappa shape index (κ3) is 4.88. The van der Waals surface area contributed by atoms with E-state index in [0.29, 0.717) is 22.6 Å². The molecule has 29 heavy (non-hydrogen) atoms. The first-order valence-corrected chi connectivity index (χ1v) is 10.1. The van der Waals surface area contributed by atoms with Gasteiger partial charge in [0.05, 0.1) is 17.9 Å². The zero-order valence-corrected chi connectivity index (χ0v) is 16.6. The van der Waals surface area contributed by atoms with Crippen LogP contribution in [-0.2, 0) is 0 Å². The summed E-state index contributed by atoms with van der Waals surface area (Å²) in [6.07, 6.45) is 0.912. The van der Waals surface area contributed by atoms with Gasteiger partial charge in [-0.25, -0.2) is 0 Å². The molecule has 7 heteroatoms. The summed E-state index contributed by atoms with van der Waals surface area (Å²) in [5.41, 5.74) is 3.04. The molecule has 0 aliphatic carbocycles. The van der Waals surface area contributed by atoms with Crippen molar-refractivity contribution in [1.29, 1.82) is 0 Å². The van der Waals surface area contributed by atoms with Crippen molar-refractivity contribution in [2.45, 2.75) is 18.3 Å². The molecule has 0 aliphatic heterocycles. The maximum absolute atomic E-state index is 10.2. The number of benzene rings is 2. The first kappa shape index (κ1) is 19.3. The highest BCUT2D eigenvalue weighted by Crippen LogP contribution is 2.27. The van der Waals surface area contributed by atoms with E-state index in [0.717, 1.165) is 22.5 Å². The second-order valence-electron chi connectivity index (χ2n) is 6.43. The Labute approximate surface area is 172 Å².